The zero-order valence-electron chi connectivity index (χ0n) is 9.96. The monoisotopic (exact) mass is 232 g/mol. The Balaban J connectivity index is 2.22. The number of rotatable bonds is 7. The number of aliphatic hydroxyl groups excluding tert-OH is 1. The highest BCUT2D eigenvalue weighted by Crippen LogP contribution is 2.27. The van der Waals surface area contributed by atoms with E-state index in [1.807, 2.05) is 11.8 Å². The van der Waals surface area contributed by atoms with Gasteiger partial charge in [0.15, 0.2) is 0 Å². The Morgan fingerprint density at radius 3 is 2.60 bits per heavy atom. The van der Waals surface area contributed by atoms with Crippen LogP contribution in [0.4, 0.5) is 0 Å². The lowest BCUT2D eigenvalue weighted by atomic mass is 10.0. The summed E-state index contributed by atoms with van der Waals surface area (Å²) in [5.74, 6) is 2.24. The van der Waals surface area contributed by atoms with E-state index >= 15 is 0 Å². The molecular weight excluding hydrogens is 208 g/mol. The summed E-state index contributed by atoms with van der Waals surface area (Å²) < 4.78 is 0. The zero-order chi connectivity index (χ0) is 11.1. The van der Waals surface area contributed by atoms with Gasteiger partial charge in [-0.3, -0.25) is 0 Å². The summed E-state index contributed by atoms with van der Waals surface area (Å²) in [6, 6.07) is 0. The molecule has 1 atom stereocenters. The predicted octanol–water partition coefficient (Wildman–Crippen LogP) is 0.786. The lowest BCUT2D eigenvalue weighted by molar-refractivity contribution is 0.173. The number of nitrogens with zero attached hydrogens (tertiary/aromatic N) is 1. The molecule has 0 spiro atoms. The topological polar surface area (TPSA) is 35.5 Å². The third kappa shape index (κ3) is 3.94. The molecule has 1 aliphatic rings. The molecule has 1 unspecified atom stereocenters. The Hall–Kier alpha value is 0.230. The van der Waals surface area contributed by atoms with E-state index in [1.54, 1.807) is 0 Å². The summed E-state index contributed by atoms with van der Waals surface area (Å²) in [7, 11) is 0. The minimum absolute atomic E-state index is 0.0117. The van der Waals surface area contributed by atoms with Crippen molar-refractivity contribution in [2.24, 2.45) is 0 Å². The molecule has 1 heterocycles. The molecule has 15 heavy (non-hydrogen) atoms. The van der Waals surface area contributed by atoms with Crippen molar-refractivity contribution in [3.05, 3.63) is 0 Å². The van der Waals surface area contributed by atoms with Gasteiger partial charge < -0.3 is 15.3 Å². The van der Waals surface area contributed by atoms with Crippen molar-refractivity contribution in [2.45, 2.75) is 25.8 Å². The maximum atomic E-state index is 9.41. The maximum absolute atomic E-state index is 9.41. The molecule has 90 valence electrons. The van der Waals surface area contributed by atoms with Gasteiger partial charge >= 0.3 is 0 Å². The Kier molecular flexibility index (Phi) is 5.97. The largest absolute Gasteiger partial charge is 0.394 e. The number of hydrogen-bond acceptors (Lipinski definition) is 4. The number of thioether (sulfide) groups is 1. The molecule has 1 saturated heterocycles. The van der Waals surface area contributed by atoms with Crippen LogP contribution in [0.2, 0.25) is 0 Å². The van der Waals surface area contributed by atoms with Gasteiger partial charge in [0.05, 0.1) is 12.1 Å². The Morgan fingerprint density at radius 1 is 1.40 bits per heavy atom. The van der Waals surface area contributed by atoms with Crippen LogP contribution in [0.3, 0.4) is 0 Å². The molecule has 0 saturated carbocycles. The maximum Gasteiger partial charge on any atom is 0.0621 e. The van der Waals surface area contributed by atoms with Gasteiger partial charge in [0.2, 0.25) is 0 Å². The fraction of sp³-hybridized carbons (Fsp3) is 1.00. The fourth-order valence-corrected chi connectivity index (χ4v) is 3.35. The quantitative estimate of drug-likeness (QED) is 0.680. The van der Waals surface area contributed by atoms with Crippen LogP contribution in [0.25, 0.3) is 0 Å². The number of aliphatic hydroxyl groups is 1. The first-order valence-electron chi connectivity index (χ1n) is 5.92. The van der Waals surface area contributed by atoms with Gasteiger partial charge in [-0.05, 0) is 25.3 Å². The SMILES string of the molecule is CCN(CC)CCNC1(CO)CCSC1. The Labute approximate surface area is 97.6 Å². The second kappa shape index (κ2) is 6.74. The molecule has 0 amide bonds. The molecule has 4 heteroatoms. The van der Waals surface area contributed by atoms with Crippen molar-refractivity contribution >= 4 is 11.8 Å². The van der Waals surface area contributed by atoms with E-state index < -0.39 is 0 Å². The van der Waals surface area contributed by atoms with E-state index in [4.69, 9.17) is 0 Å². The van der Waals surface area contributed by atoms with Crippen LogP contribution in [0.5, 0.6) is 0 Å². The van der Waals surface area contributed by atoms with Gasteiger partial charge in [0, 0.05) is 18.8 Å². The van der Waals surface area contributed by atoms with Crippen molar-refractivity contribution in [3.63, 3.8) is 0 Å². The molecule has 1 fully saturated rings. The smallest absolute Gasteiger partial charge is 0.0621 e. The highest BCUT2D eigenvalue weighted by molar-refractivity contribution is 7.99. The van der Waals surface area contributed by atoms with Crippen LogP contribution >= 0.6 is 11.8 Å². The van der Waals surface area contributed by atoms with Crippen LogP contribution < -0.4 is 5.32 Å². The molecule has 0 radical (unpaired) electrons. The van der Waals surface area contributed by atoms with Gasteiger partial charge in [0.25, 0.3) is 0 Å². The van der Waals surface area contributed by atoms with Gasteiger partial charge in [-0.15, -0.1) is 0 Å². The van der Waals surface area contributed by atoms with Crippen LogP contribution in [0.15, 0.2) is 0 Å². The lowest BCUT2D eigenvalue weighted by Crippen LogP contribution is -2.51. The standard InChI is InChI=1S/C11H24N2OS/c1-3-13(4-2)7-6-12-11(9-14)5-8-15-10-11/h12,14H,3-10H2,1-2H3. The van der Waals surface area contributed by atoms with Crippen LogP contribution in [-0.2, 0) is 0 Å². The van der Waals surface area contributed by atoms with E-state index in [0.29, 0.717) is 0 Å². The third-order valence-electron chi connectivity index (χ3n) is 3.23. The molecule has 3 nitrogen and oxygen atoms in total. The van der Waals surface area contributed by atoms with E-state index in [0.717, 1.165) is 38.4 Å². The molecular formula is C11H24N2OS. The van der Waals surface area contributed by atoms with Gasteiger partial charge in [0.1, 0.15) is 0 Å². The molecule has 2 N–H and O–H groups in total. The minimum atomic E-state index is 0.0117. The first kappa shape index (κ1) is 13.3. The molecule has 0 aromatic heterocycles. The van der Waals surface area contributed by atoms with Crippen molar-refractivity contribution in [1.82, 2.24) is 10.2 Å². The molecule has 0 aromatic rings. The summed E-state index contributed by atoms with van der Waals surface area (Å²) in [4.78, 5) is 2.40. The van der Waals surface area contributed by atoms with Crippen molar-refractivity contribution in [1.29, 1.82) is 0 Å². The predicted molar refractivity (Wildman–Crippen MR) is 67.5 cm³/mol. The molecule has 0 aliphatic carbocycles. The number of likely N-dealkylation sites (N-methyl/N-ethyl adjacent to an activating group) is 1. The Bertz CT molecular complexity index is 168. The third-order valence-corrected chi connectivity index (χ3v) is 4.48. The van der Waals surface area contributed by atoms with Crippen LogP contribution in [0, 0.1) is 0 Å². The summed E-state index contributed by atoms with van der Waals surface area (Å²) in [5, 5.41) is 12.9. The summed E-state index contributed by atoms with van der Waals surface area (Å²) >= 11 is 1.94. The van der Waals surface area contributed by atoms with E-state index in [1.165, 1.54) is 5.75 Å². The van der Waals surface area contributed by atoms with E-state index in [2.05, 4.69) is 24.1 Å². The summed E-state index contributed by atoms with van der Waals surface area (Å²) in [5.41, 5.74) is 0.0117. The second-order valence-corrected chi connectivity index (χ2v) is 5.30. The molecule has 1 rings (SSSR count). The van der Waals surface area contributed by atoms with E-state index in [-0.39, 0.29) is 12.1 Å². The molecule has 1 aliphatic heterocycles. The van der Waals surface area contributed by atoms with Crippen molar-refractivity contribution in [2.75, 3.05) is 44.3 Å². The van der Waals surface area contributed by atoms with Gasteiger partial charge in [-0.1, -0.05) is 13.8 Å². The second-order valence-electron chi connectivity index (χ2n) is 4.19. The molecule has 0 bridgehead atoms. The molecule has 0 aromatic carbocycles. The fourth-order valence-electron chi connectivity index (χ4n) is 1.95. The van der Waals surface area contributed by atoms with Gasteiger partial charge in [-0.25, -0.2) is 0 Å². The summed E-state index contributed by atoms with van der Waals surface area (Å²) in [6.45, 7) is 8.95. The first-order chi connectivity index (χ1) is 7.26. The normalized spacial score (nSPS) is 26.4. The highest BCUT2D eigenvalue weighted by atomic mass is 32.2. The average Bonchev–Trinajstić information content (AvgIpc) is 2.74. The van der Waals surface area contributed by atoms with Gasteiger partial charge in [-0.2, -0.15) is 11.8 Å². The lowest BCUT2D eigenvalue weighted by Gasteiger charge is -2.29. The number of hydrogen-bond donors (Lipinski definition) is 2. The summed E-state index contributed by atoms with van der Waals surface area (Å²) in [6.07, 6.45) is 1.10. The van der Waals surface area contributed by atoms with Crippen molar-refractivity contribution < 1.29 is 5.11 Å². The number of nitrogens with one attached hydrogen (secondary N) is 1. The first-order valence-corrected chi connectivity index (χ1v) is 7.08. The zero-order valence-corrected chi connectivity index (χ0v) is 10.8. The van der Waals surface area contributed by atoms with Crippen molar-refractivity contribution in [3.8, 4) is 0 Å². The van der Waals surface area contributed by atoms with E-state index in [9.17, 15) is 5.11 Å². The Morgan fingerprint density at radius 2 is 2.13 bits per heavy atom. The highest BCUT2D eigenvalue weighted by Gasteiger charge is 2.32. The minimum Gasteiger partial charge on any atom is -0.394 e. The van der Waals surface area contributed by atoms with Crippen LogP contribution in [0.1, 0.15) is 20.3 Å². The average molecular weight is 232 g/mol. The van der Waals surface area contributed by atoms with Crippen LogP contribution in [-0.4, -0.2) is 59.8 Å².